The first-order valence-corrected chi connectivity index (χ1v) is 13.0. The molecule has 9 nitrogen and oxygen atoms in total. The molecule has 1 atom stereocenters. The molecule has 0 radical (unpaired) electrons. The lowest BCUT2D eigenvalue weighted by molar-refractivity contribution is -0.382. The molecule has 234 valence electrons. The Kier molecular flexibility index (Phi) is 7.30. The first-order chi connectivity index (χ1) is 19.5. The first kappa shape index (κ1) is 32.0. The van der Waals surface area contributed by atoms with Crippen LogP contribution in [0, 0.1) is 11.8 Å². The zero-order chi connectivity index (χ0) is 32.4. The van der Waals surface area contributed by atoms with Crippen molar-refractivity contribution in [1.82, 2.24) is 4.98 Å². The first-order valence-electron chi connectivity index (χ1n) is 11.5. The SMILES string of the molecule is COC(C)(C)C#Cc1cnc2c(c1)C1(COC(N)=N1)c1cc(OS(=O)(=O)C(F)(F)C(F)(F)C(F)(F)C(F)(F)F)ccc1O2. The maximum Gasteiger partial charge on any atom is 0.460 e. The predicted molar refractivity (Wildman–Crippen MR) is 128 cm³/mol. The molecular formula is C24H18F9N3O6S. The van der Waals surface area contributed by atoms with Crippen molar-refractivity contribution < 1.29 is 66.3 Å². The number of methoxy groups -OCH3 is 1. The van der Waals surface area contributed by atoms with Crippen LogP contribution in [0.4, 0.5) is 39.5 Å². The van der Waals surface area contributed by atoms with Crippen molar-refractivity contribution >= 4 is 16.1 Å². The van der Waals surface area contributed by atoms with E-state index in [0.717, 1.165) is 6.07 Å². The third kappa shape index (κ3) is 5.05. The number of nitrogens with two attached hydrogens (primary N) is 1. The monoisotopic (exact) mass is 647 g/mol. The van der Waals surface area contributed by atoms with Crippen LogP contribution < -0.4 is 14.7 Å². The fourth-order valence-corrected chi connectivity index (χ4v) is 4.70. The Hall–Kier alpha value is -3.92. The highest BCUT2D eigenvalue weighted by Gasteiger charge is 2.86. The second kappa shape index (κ2) is 9.80. The molecule has 2 aliphatic rings. The molecule has 0 saturated heterocycles. The molecule has 1 spiro atoms. The average Bonchev–Trinajstić information content (AvgIpc) is 3.29. The van der Waals surface area contributed by atoms with E-state index in [9.17, 15) is 47.9 Å². The van der Waals surface area contributed by atoms with E-state index in [1.54, 1.807) is 13.8 Å². The standard InChI is InChI=1S/C24H18F9N3O6S/c1-19(2,39-3)7-6-12-8-15-17(35-10-12)41-16-5-4-13(9-14(16)20(15)11-40-18(34)36-20)42-43(37,38)24(32,33)22(27,28)21(25,26)23(29,30)31/h4-5,8-10H,11H2,1-3H3,(H2,34,36). The smallest absolute Gasteiger partial charge is 0.460 e. The number of fused-ring (bicyclic) bond motifs is 4. The van der Waals surface area contributed by atoms with Gasteiger partial charge in [0.05, 0.1) is 5.56 Å². The third-order valence-corrected chi connectivity index (χ3v) is 7.58. The maximum absolute atomic E-state index is 14.2. The van der Waals surface area contributed by atoms with E-state index in [1.165, 1.54) is 19.4 Å². The highest BCUT2D eigenvalue weighted by Crippen LogP contribution is 2.56. The summed E-state index contributed by atoms with van der Waals surface area (Å²) in [4.78, 5) is 8.36. The van der Waals surface area contributed by atoms with Crippen LogP contribution in [0.25, 0.3) is 0 Å². The summed E-state index contributed by atoms with van der Waals surface area (Å²) in [7, 11) is -5.79. The van der Waals surface area contributed by atoms with Gasteiger partial charge in [0.25, 0.3) is 6.02 Å². The maximum atomic E-state index is 14.2. The number of aromatic nitrogens is 1. The lowest BCUT2D eigenvalue weighted by Gasteiger charge is -2.33. The summed E-state index contributed by atoms with van der Waals surface area (Å²) in [5.41, 5.74) is 3.24. The molecule has 0 fully saturated rings. The minimum atomic E-state index is -7.48. The summed E-state index contributed by atoms with van der Waals surface area (Å²) < 4.78 is 164. The Balaban J connectivity index is 1.79. The summed E-state index contributed by atoms with van der Waals surface area (Å²) in [6.45, 7) is 2.91. The fourth-order valence-electron chi connectivity index (χ4n) is 3.80. The molecule has 43 heavy (non-hydrogen) atoms. The number of alkyl halides is 9. The molecule has 1 unspecified atom stereocenters. The van der Waals surface area contributed by atoms with Crippen LogP contribution in [-0.2, 0) is 25.1 Å². The molecular weight excluding hydrogens is 629 g/mol. The Labute approximate surface area is 236 Å². The molecule has 2 N–H and O–H groups in total. The van der Waals surface area contributed by atoms with Gasteiger partial charge in [-0.1, -0.05) is 11.8 Å². The number of amidine groups is 1. The third-order valence-electron chi connectivity index (χ3n) is 6.28. The second-order valence-corrected chi connectivity index (χ2v) is 11.2. The quantitative estimate of drug-likeness (QED) is 0.273. The van der Waals surface area contributed by atoms with E-state index in [1.807, 2.05) is 0 Å². The van der Waals surface area contributed by atoms with E-state index >= 15 is 0 Å². The van der Waals surface area contributed by atoms with Gasteiger partial charge in [-0.15, -0.1) is 0 Å². The van der Waals surface area contributed by atoms with Gasteiger partial charge < -0.3 is 24.1 Å². The van der Waals surface area contributed by atoms with Gasteiger partial charge in [-0.3, -0.25) is 0 Å². The molecule has 3 heterocycles. The number of hydrogen-bond acceptors (Lipinski definition) is 9. The second-order valence-electron chi connectivity index (χ2n) is 9.60. The summed E-state index contributed by atoms with van der Waals surface area (Å²) >= 11 is 0. The van der Waals surface area contributed by atoms with E-state index in [2.05, 4.69) is 26.0 Å². The van der Waals surface area contributed by atoms with Crippen LogP contribution in [0.2, 0.25) is 0 Å². The number of benzene rings is 1. The van der Waals surface area contributed by atoms with Crippen LogP contribution in [0.5, 0.6) is 17.4 Å². The van der Waals surface area contributed by atoms with Crippen molar-refractivity contribution in [2.24, 2.45) is 10.7 Å². The van der Waals surface area contributed by atoms with E-state index in [0.29, 0.717) is 12.1 Å². The zero-order valence-electron chi connectivity index (χ0n) is 21.8. The molecule has 0 saturated carbocycles. The molecule has 1 aromatic heterocycles. The fraction of sp³-hybridized carbons (Fsp3) is 0.417. The van der Waals surface area contributed by atoms with E-state index in [-0.39, 0.29) is 28.3 Å². The normalized spacial score (nSPS) is 18.9. The van der Waals surface area contributed by atoms with E-state index < -0.39 is 62.9 Å². The number of nitrogens with zero attached hydrogens (tertiary/aromatic N) is 2. The largest absolute Gasteiger partial charge is 0.462 e. The van der Waals surface area contributed by atoms with Gasteiger partial charge in [0.2, 0.25) is 5.88 Å². The van der Waals surface area contributed by atoms with Crippen LogP contribution in [0.3, 0.4) is 0 Å². The van der Waals surface area contributed by atoms with Crippen molar-refractivity contribution in [3.8, 4) is 29.2 Å². The van der Waals surface area contributed by atoms with Crippen molar-refractivity contribution in [3.05, 3.63) is 47.2 Å². The van der Waals surface area contributed by atoms with Crippen LogP contribution in [0.1, 0.15) is 30.5 Å². The van der Waals surface area contributed by atoms with Gasteiger partial charge in [-0.25, -0.2) is 9.98 Å². The lowest BCUT2D eigenvalue weighted by atomic mass is 9.82. The van der Waals surface area contributed by atoms with Gasteiger partial charge in [0.1, 0.15) is 23.7 Å². The molecule has 0 amide bonds. The van der Waals surface area contributed by atoms with Gasteiger partial charge in [-0.2, -0.15) is 47.9 Å². The Bertz CT molecular complexity index is 1670. The number of pyridine rings is 1. The highest BCUT2D eigenvalue weighted by atomic mass is 32.2. The van der Waals surface area contributed by atoms with Crippen molar-refractivity contribution in [2.75, 3.05) is 13.7 Å². The summed E-state index contributed by atoms with van der Waals surface area (Å²) in [6, 6.07) is 3.14. The molecule has 19 heteroatoms. The van der Waals surface area contributed by atoms with Gasteiger partial charge in [0, 0.05) is 24.4 Å². The van der Waals surface area contributed by atoms with Crippen LogP contribution in [0.15, 0.2) is 35.5 Å². The summed E-state index contributed by atoms with van der Waals surface area (Å²) in [5.74, 6) is -10.7. The minimum absolute atomic E-state index is 0.0760. The molecule has 4 rings (SSSR count). The predicted octanol–water partition coefficient (Wildman–Crippen LogP) is 4.69. The topological polar surface area (TPSA) is 122 Å². The highest BCUT2D eigenvalue weighted by molar-refractivity contribution is 7.88. The van der Waals surface area contributed by atoms with Gasteiger partial charge in [0.15, 0.2) is 5.54 Å². The lowest BCUT2D eigenvalue weighted by Crippen LogP contribution is -2.63. The molecule has 1 aromatic carbocycles. The number of rotatable bonds is 6. The molecule has 0 bridgehead atoms. The van der Waals surface area contributed by atoms with Gasteiger partial charge >= 0.3 is 33.4 Å². The van der Waals surface area contributed by atoms with Crippen molar-refractivity contribution in [3.63, 3.8) is 0 Å². The number of hydrogen-bond donors (Lipinski definition) is 1. The van der Waals surface area contributed by atoms with Crippen LogP contribution in [-0.4, -0.2) is 62.0 Å². The Morgan fingerprint density at radius 1 is 1.00 bits per heavy atom. The number of halogens is 9. The average molecular weight is 647 g/mol. The molecule has 0 aliphatic carbocycles. The summed E-state index contributed by atoms with van der Waals surface area (Å²) in [5, 5.41) is -7.07. The molecule has 2 aliphatic heterocycles. The molecule has 2 aromatic rings. The number of ether oxygens (including phenoxy) is 3. The van der Waals surface area contributed by atoms with Crippen molar-refractivity contribution in [1.29, 1.82) is 0 Å². The van der Waals surface area contributed by atoms with Crippen molar-refractivity contribution in [2.45, 2.75) is 48.3 Å². The zero-order valence-corrected chi connectivity index (χ0v) is 22.6. The van der Waals surface area contributed by atoms with E-state index in [4.69, 9.17) is 19.9 Å². The minimum Gasteiger partial charge on any atom is -0.462 e. The Morgan fingerprint density at radius 3 is 2.21 bits per heavy atom. The Morgan fingerprint density at radius 2 is 1.65 bits per heavy atom. The summed E-state index contributed by atoms with van der Waals surface area (Å²) in [6.07, 6.45) is -5.92. The van der Waals surface area contributed by atoms with Crippen LogP contribution >= 0.6 is 0 Å². The van der Waals surface area contributed by atoms with Gasteiger partial charge in [-0.05, 0) is 38.1 Å². The number of aliphatic imine (C=N–C) groups is 1.